The molecule has 0 spiro atoms. The third-order valence-corrected chi connectivity index (χ3v) is 4.70. The summed E-state index contributed by atoms with van der Waals surface area (Å²) in [5.41, 5.74) is 0.409. The van der Waals surface area contributed by atoms with E-state index in [4.69, 9.17) is 0 Å². The molecule has 98 valence electrons. The summed E-state index contributed by atoms with van der Waals surface area (Å²) in [7, 11) is 0. The van der Waals surface area contributed by atoms with Crippen molar-refractivity contribution in [1.82, 2.24) is 10.2 Å². The smallest absolute Gasteiger partial charge is 0.236 e. The van der Waals surface area contributed by atoms with E-state index in [1.165, 1.54) is 32.1 Å². The van der Waals surface area contributed by atoms with Gasteiger partial charge in [-0.2, -0.15) is 0 Å². The molecule has 1 saturated carbocycles. The molecule has 17 heavy (non-hydrogen) atoms. The zero-order valence-electron chi connectivity index (χ0n) is 11.3. The van der Waals surface area contributed by atoms with E-state index >= 15 is 0 Å². The topological polar surface area (TPSA) is 32.3 Å². The lowest BCUT2D eigenvalue weighted by molar-refractivity contribution is -0.129. The number of nitrogens with zero attached hydrogens (tertiary/aromatic N) is 1. The monoisotopic (exact) mass is 238 g/mol. The molecular weight excluding hydrogens is 212 g/mol. The molecule has 1 heterocycles. The van der Waals surface area contributed by atoms with Gasteiger partial charge >= 0.3 is 0 Å². The average molecular weight is 238 g/mol. The van der Waals surface area contributed by atoms with Crippen LogP contribution in [0.15, 0.2) is 0 Å². The fourth-order valence-corrected chi connectivity index (χ4v) is 2.79. The van der Waals surface area contributed by atoms with Gasteiger partial charge in [-0.05, 0) is 50.0 Å². The van der Waals surface area contributed by atoms with Crippen LogP contribution in [-0.4, -0.2) is 37.0 Å². The van der Waals surface area contributed by atoms with Crippen molar-refractivity contribution in [2.45, 2.75) is 46.0 Å². The van der Waals surface area contributed by atoms with Crippen molar-refractivity contribution < 1.29 is 4.79 Å². The van der Waals surface area contributed by atoms with Gasteiger partial charge in [-0.15, -0.1) is 0 Å². The van der Waals surface area contributed by atoms with Gasteiger partial charge in [0, 0.05) is 13.1 Å². The molecule has 0 aromatic carbocycles. The van der Waals surface area contributed by atoms with Gasteiger partial charge in [-0.1, -0.05) is 13.8 Å². The normalized spacial score (nSPS) is 23.1. The molecular formula is C14H26N2O. The van der Waals surface area contributed by atoms with E-state index in [2.05, 4.69) is 24.1 Å². The summed E-state index contributed by atoms with van der Waals surface area (Å²) in [6.07, 6.45) is 6.28. The molecule has 0 unspecified atom stereocenters. The van der Waals surface area contributed by atoms with Crippen molar-refractivity contribution in [2.24, 2.45) is 11.3 Å². The minimum atomic E-state index is 0.300. The Morgan fingerprint density at radius 1 is 1.35 bits per heavy atom. The third kappa shape index (κ3) is 3.21. The van der Waals surface area contributed by atoms with E-state index < -0.39 is 0 Å². The first-order valence-electron chi connectivity index (χ1n) is 7.17. The van der Waals surface area contributed by atoms with E-state index in [1.54, 1.807) is 0 Å². The van der Waals surface area contributed by atoms with Gasteiger partial charge in [-0.3, -0.25) is 4.79 Å². The van der Waals surface area contributed by atoms with Crippen LogP contribution >= 0.6 is 0 Å². The highest BCUT2D eigenvalue weighted by Crippen LogP contribution is 2.36. The van der Waals surface area contributed by atoms with Gasteiger partial charge in [0.25, 0.3) is 0 Å². The minimum absolute atomic E-state index is 0.300. The number of carbonyl (C=O) groups excluding carboxylic acids is 1. The summed E-state index contributed by atoms with van der Waals surface area (Å²) in [5, 5.41) is 3.30. The van der Waals surface area contributed by atoms with Gasteiger partial charge in [0.2, 0.25) is 5.91 Å². The molecule has 0 radical (unpaired) electrons. The fraction of sp³-hybridized carbons (Fsp3) is 0.929. The van der Waals surface area contributed by atoms with Gasteiger partial charge in [0.15, 0.2) is 0 Å². The summed E-state index contributed by atoms with van der Waals surface area (Å²) >= 11 is 0. The van der Waals surface area contributed by atoms with Crippen LogP contribution in [0.3, 0.4) is 0 Å². The Bertz CT molecular complexity index is 269. The van der Waals surface area contributed by atoms with Crippen molar-refractivity contribution in [3.63, 3.8) is 0 Å². The highest BCUT2D eigenvalue weighted by molar-refractivity contribution is 5.78. The maximum Gasteiger partial charge on any atom is 0.236 e. The number of hydrogen-bond donors (Lipinski definition) is 1. The molecule has 1 aliphatic carbocycles. The van der Waals surface area contributed by atoms with Crippen molar-refractivity contribution in [3.05, 3.63) is 0 Å². The Morgan fingerprint density at radius 2 is 2.06 bits per heavy atom. The number of carbonyl (C=O) groups is 1. The van der Waals surface area contributed by atoms with E-state index in [-0.39, 0.29) is 0 Å². The summed E-state index contributed by atoms with van der Waals surface area (Å²) in [6, 6.07) is 0. The molecule has 1 amide bonds. The van der Waals surface area contributed by atoms with Crippen LogP contribution in [0, 0.1) is 11.3 Å². The SMILES string of the molecule is CCC1(CC)CCN(C(=O)CNCC2CC2)C1. The second-order valence-corrected chi connectivity index (χ2v) is 5.85. The Morgan fingerprint density at radius 3 is 2.59 bits per heavy atom. The summed E-state index contributed by atoms with van der Waals surface area (Å²) < 4.78 is 0. The molecule has 0 aromatic heterocycles. The number of rotatable bonds is 6. The maximum absolute atomic E-state index is 12.0. The second-order valence-electron chi connectivity index (χ2n) is 5.85. The van der Waals surface area contributed by atoms with Crippen LogP contribution in [0.5, 0.6) is 0 Å². The first-order chi connectivity index (χ1) is 8.19. The first kappa shape index (κ1) is 12.9. The Hall–Kier alpha value is -0.570. The van der Waals surface area contributed by atoms with Gasteiger partial charge in [-0.25, -0.2) is 0 Å². The molecule has 3 heteroatoms. The molecule has 0 bridgehead atoms. The highest BCUT2D eigenvalue weighted by Gasteiger charge is 2.36. The molecule has 2 aliphatic rings. The van der Waals surface area contributed by atoms with Gasteiger partial charge in [0.1, 0.15) is 0 Å². The second kappa shape index (κ2) is 5.38. The zero-order valence-corrected chi connectivity index (χ0v) is 11.3. The molecule has 1 saturated heterocycles. The summed E-state index contributed by atoms with van der Waals surface area (Å²) in [5.74, 6) is 1.15. The largest absolute Gasteiger partial charge is 0.341 e. The number of nitrogens with one attached hydrogen (secondary N) is 1. The average Bonchev–Trinajstić information content (AvgIpc) is 3.07. The van der Waals surface area contributed by atoms with Crippen molar-refractivity contribution >= 4 is 5.91 Å². The molecule has 0 aromatic rings. The van der Waals surface area contributed by atoms with Crippen molar-refractivity contribution in [1.29, 1.82) is 0 Å². The predicted octanol–water partition coefficient (Wildman–Crippen LogP) is 2.02. The van der Waals surface area contributed by atoms with Crippen LogP contribution in [0.25, 0.3) is 0 Å². The Kier molecular flexibility index (Phi) is 4.08. The van der Waals surface area contributed by atoms with Crippen LogP contribution in [0.1, 0.15) is 46.0 Å². The van der Waals surface area contributed by atoms with E-state index in [1.807, 2.05) is 0 Å². The van der Waals surface area contributed by atoms with Crippen LogP contribution in [0.2, 0.25) is 0 Å². The molecule has 2 rings (SSSR count). The van der Waals surface area contributed by atoms with Crippen molar-refractivity contribution in [3.8, 4) is 0 Å². The van der Waals surface area contributed by atoms with Crippen LogP contribution < -0.4 is 5.32 Å². The lowest BCUT2D eigenvalue weighted by atomic mass is 9.82. The first-order valence-corrected chi connectivity index (χ1v) is 7.17. The number of amides is 1. The highest BCUT2D eigenvalue weighted by atomic mass is 16.2. The van der Waals surface area contributed by atoms with E-state index in [0.29, 0.717) is 17.9 Å². The lowest BCUT2D eigenvalue weighted by Gasteiger charge is -2.26. The summed E-state index contributed by atoms with van der Waals surface area (Å²) in [6.45, 7) is 8.02. The fourth-order valence-electron chi connectivity index (χ4n) is 2.79. The number of likely N-dealkylation sites (tertiary alicyclic amines) is 1. The Balaban J connectivity index is 1.72. The predicted molar refractivity (Wildman–Crippen MR) is 69.8 cm³/mol. The molecule has 0 atom stereocenters. The zero-order chi connectivity index (χ0) is 12.3. The summed E-state index contributed by atoms with van der Waals surface area (Å²) in [4.78, 5) is 14.1. The van der Waals surface area contributed by atoms with Crippen LogP contribution in [-0.2, 0) is 4.79 Å². The standard InChI is InChI=1S/C14H26N2O/c1-3-14(4-2)7-8-16(11-14)13(17)10-15-9-12-5-6-12/h12,15H,3-11H2,1-2H3. The van der Waals surface area contributed by atoms with Crippen molar-refractivity contribution in [2.75, 3.05) is 26.2 Å². The molecule has 2 fully saturated rings. The molecule has 1 N–H and O–H groups in total. The van der Waals surface area contributed by atoms with Gasteiger partial charge < -0.3 is 10.2 Å². The van der Waals surface area contributed by atoms with Crippen LogP contribution in [0.4, 0.5) is 0 Å². The Labute approximate surface area is 105 Å². The molecule has 3 nitrogen and oxygen atoms in total. The third-order valence-electron chi connectivity index (χ3n) is 4.70. The number of hydrogen-bond acceptors (Lipinski definition) is 2. The van der Waals surface area contributed by atoms with E-state index in [9.17, 15) is 4.79 Å². The lowest BCUT2D eigenvalue weighted by Crippen LogP contribution is -2.38. The maximum atomic E-state index is 12.0. The molecule has 1 aliphatic heterocycles. The van der Waals surface area contributed by atoms with E-state index in [0.717, 1.165) is 25.6 Å². The van der Waals surface area contributed by atoms with Gasteiger partial charge in [0.05, 0.1) is 6.54 Å². The quantitative estimate of drug-likeness (QED) is 0.768. The minimum Gasteiger partial charge on any atom is -0.341 e.